The fourth-order valence-electron chi connectivity index (χ4n) is 2.04. The molecule has 0 aromatic carbocycles. The summed E-state index contributed by atoms with van der Waals surface area (Å²) in [6, 6.07) is 0.229. The van der Waals surface area contributed by atoms with Crippen LogP contribution in [-0.4, -0.2) is 21.1 Å². The van der Waals surface area contributed by atoms with Gasteiger partial charge in [0.1, 0.15) is 6.10 Å². The number of hydrogen-bond acceptors (Lipinski definition) is 5. The number of nitrogens with zero attached hydrogens (tertiary/aromatic N) is 3. The van der Waals surface area contributed by atoms with Gasteiger partial charge in [0, 0.05) is 0 Å². The number of nitrogens with two attached hydrogens (primary N) is 1. The summed E-state index contributed by atoms with van der Waals surface area (Å²) in [6.07, 6.45) is 4.46. The lowest BCUT2D eigenvalue weighted by atomic mass is 9.76. The largest absolute Gasteiger partial charge is 0.460 e. The Labute approximate surface area is 106 Å². The molecule has 94 valence electrons. The number of anilines is 1. The average Bonchev–Trinajstić information content (AvgIpc) is 2.20. The smallest absolute Gasteiger partial charge is 0.322 e. The fourth-order valence-corrected chi connectivity index (χ4v) is 2.20. The summed E-state index contributed by atoms with van der Waals surface area (Å²) >= 11 is 5.69. The molecule has 1 saturated carbocycles. The van der Waals surface area contributed by atoms with E-state index in [9.17, 15) is 0 Å². The molecule has 1 aromatic heterocycles. The van der Waals surface area contributed by atoms with E-state index in [1.165, 1.54) is 0 Å². The normalized spacial score (nSPS) is 20.2. The SMILES string of the molecule is CC1(C)CCC(Oc2nc(N)nc(Cl)n2)CC1. The zero-order valence-corrected chi connectivity index (χ0v) is 10.9. The van der Waals surface area contributed by atoms with Crippen molar-refractivity contribution in [1.29, 1.82) is 0 Å². The third kappa shape index (κ3) is 3.43. The molecule has 0 aliphatic heterocycles. The van der Waals surface area contributed by atoms with Gasteiger partial charge in [-0.3, -0.25) is 0 Å². The topological polar surface area (TPSA) is 73.9 Å². The number of aromatic nitrogens is 3. The lowest BCUT2D eigenvalue weighted by molar-refractivity contribution is 0.0906. The maximum absolute atomic E-state index is 5.69. The van der Waals surface area contributed by atoms with E-state index in [0.29, 0.717) is 5.41 Å². The Balaban J connectivity index is 1.97. The first-order valence-corrected chi connectivity index (χ1v) is 6.16. The van der Waals surface area contributed by atoms with Crippen LogP contribution in [0.5, 0.6) is 6.01 Å². The molecule has 0 amide bonds. The van der Waals surface area contributed by atoms with Gasteiger partial charge in [-0.2, -0.15) is 15.0 Å². The van der Waals surface area contributed by atoms with Crippen LogP contribution in [0.3, 0.4) is 0 Å². The predicted molar refractivity (Wildman–Crippen MR) is 65.9 cm³/mol. The summed E-state index contributed by atoms with van der Waals surface area (Å²) < 4.78 is 5.68. The summed E-state index contributed by atoms with van der Waals surface area (Å²) in [4.78, 5) is 11.5. The van der Waals surface area contributed by atoms with Gasteiger partial charge < -0.3 is 10.5 Å². The average molecular weight is 257 g/mol. The van der Waals surface area contributed by atoms with Crippen molar-refractivity contribution < 1.29 is 4.74 Å². The molecule has 0 spiro atoms. The number of hydrogen-bond donors (Lipinski definition) is 1. The highest BCUT2D eigenvalue weighted by molar-refractivity contribution is 6.28. The molecule has 1 aliphatic carbocycles. The van der Waals surface area contributed by atoms with Crippen molar-refractivity contribution in [3.63, 3.8) is 0 Å². The van der Waals surface area contributed by atoms with Crippen LogP contribution in [0.2, 0.25) is 5.28 Å². The van der Waals surface area contributed by atoms with Gasteiger partial charge in [0.15, 0.2) is 0 Å². The van der Waals surface area contributed by atoms with Crippen molar-refractivity contribution in [2.45, 2.75) is 45.6 Å². The summed E-state index contributed by atoms with van der Waals surface area (Å²) in [5.41, 5.74) is 5.89. The Morgan fingerprint density at radius 1 is 1.24 bits per heavy atom. The molecule has 17 heavy (non-hydrogen) atoms. The van der Waals surface area contributed by atoms with E-state index in [0.717, 1.165) is 25.7 Å². The van der Waals surface area contributed by atoms with Crippen LogP contribution in [0, 0.1) is 5.41 Å². The van der Waals surface area contributed by atoms with Gasteiger partial charge in [-0.1, -0.05) is 13.8 Å². The maximum Gasteiger partial charge on any atom is 0.322 e. The predicted octanol–water partition coefficient (Wildman–Crippen LogP) is 2.45. The molecule has 2 rings (SSSR count). The molecule has 0 unspecified atom stereocenters. The highest BCUT2D eigenvalue weighted by atomic mass is 35.5. The summed E-state index contributed by atoms with van der Waals surface area (Å²) in [5, 5.41) is 0.0728. The monoisotopic (exact) mass is 256 g/mol. The highest BCUT2D eigenvalue weighted by Crippen LogP contribution is 2.36. The van der Waals surface area contributed by atoms with E-state index in [1.54, 1.807) is 0 Å². The van der Waals surface area contributed by atoms with Gasteiger partial charge in [-0.05, 0) is 42.7 Å². The van der Waals surface area contributed by atoms with Crippen LogP contribution in [-0.2, 0) is 0 Å². The molecule has 1 heterocycles. The van der Waals surface area contributed by atoms with Gasteiger partial charge in [0.2, 0.25) is 11.2 Å². The zero-order valence-electron chi connectivity index (χ0n) is 10.1. The van der Waals surface area contributed by atoms with Crippen molar-refractivity contribution in [1.82, 2.24) is 15.0 Å². The second-order valence-electron chi connectivity index (χ2n) is 5.23. The number of halogens is 1. The standard InChI is InChI=1S/C11H17ClN4O/c1-11(2)5-3-7(4-6-11)17-10-15-8(12)14-9(13)16-10/h7H,3-6H2,1-2H3,(H2,13,14,15,16). The molecule has 2 N–H and O–H groups in total. The Morgan fingerprint density at radius 2 is 1.88 bits per heavy atom. The first kappa shape index (κ1) is 12.4. The van der Waals surface area contributed by atoms with Gasteiger partial charge in [-0.15, -0.1) is 0 Å². The van der Waals surface area contributed by atoms with Crippen molar-refractivity contribution in [3.8, 4) is 6.01 Å². The molecule has 0 saturated heterocycles. The summed E-state index contributed by atoms with van der Waals surface area (Å²) in [7, 11) is 0. The van der Waals surface area contributed by atoms with E-state index in [2.05, 4.69) is 28.8 Å². The first-order valence-electron chi connectivity index (χ1n) is 5.78. The first-order chi connectivity index (χ1) is 7.94. The van der Waals surface area contributed by atoms with Crippen LogP contribution >= 0.6 is 11.6 Å². The van der Waals surface area contributed by atoms with Crippen LogP contribution < -0.4 is 10.5 Å². The lowest BCUT2D eigenvalue weighted by Crippen LogP contribution is -2.29. The van der Waals surface area contributed by atoms with E-state index < -0.39 is 0 Å². The Morgan fingerprint density at radius 3 is 2.47 bits per heavy atom. The Hall–Kier alpha value is -1.10. The second-order valence-corrected chi connectivity index (χ2v) is 5.56. The number of rotatable bonds is 2. The van der Waals surface area contributed by atoms with E-state index >= 15 is 0 Å². The molecular weight excluding hydrogens is 240 g/mol. The Bertz CT molecular complexity index is 380. The number of ether oxygens (including phenoxy) is 1. The van der Waals surface area contributed by atoms with E-state index in [-0.39, 0.29) is 23.3 Å². The molecule has 5 nitrogen and oxygen atoms in total. The van der Waals surface area contributed by atoms with Crippen LogP contribution in [0.1, 0.15) is 39.5 Å². The van der Waals surface area contributed by atoms with Gasteiger partial charge in [-0.25, -0.2) is 0 Å². The van der Waals surface area contributed by atoms with Crippen molar-refractivity contribution in [2.24, 2.45) is 5.41 Å². The minimum absolute atomic E-state index is 0.0728. The third-order valence-corrected chi connectivity index (χ3v) is 3.33. The zero-order chi connectivity index (χ0) is 12.5. The molecule has 0 bridgehead atoms. The Kier molecular flexibility index (Phi) is 3.38. The molecule has 0 atom stereocenters. The van der Waals surface area contributed by atoms with Gasteiger partial charge in [0.25, 0.3) is 0 Å². The molecule has 1 aromatic rings. The van der Waals surface area contributed by atoms with Crippen LogP contribution in [0.25, 0.3) is 0 Å². The van der Waals surface area contributed by atoms with Gasteiger partial charge >= 0.3 is 6.01 Å². The summed E-state index contributed by atoms with van der Waals surface area (Å²) in [5.74, 6) is 0.0936. The third-order valence-electron chi connectivity index (χ3n) is 3.16. The highest BCUT2D eigenvalue weighted by Gasteiger charge is 2.28. The van der Waals surface area contributed by atoms with Crippen molar-refractivity contribution in [2.75, 3.05) is 5.73 Å². The molecule has 0 radical (unpaired) electrons. The van der Waals surface area contributed by atoms with Crippen LogP contribution in [0.4, 0.5) is 5.95 Å². The maximum atomic E-state index is 5.69. The van der Waals surface area contributed by atoms with E-state index in [1.807, 2.05) is 0 Å². The van der Waals surface area contributed by atoms with E-state index in [4.69, 9.17) is 22.1 Å². The van der Waals surface area contributed by atoms with Crippen molar-refractivity contribution >= 4 is 17.5 Å². The molecule has 1 fully saturated rings. The quantitative estimate of drug-likeness (QED) is 0.880. The lowest BCUT2D eigenvalue weighted by Gasteiger charge is -2.33. The summed E-state index contributed by atoms with van der Waals surface area (Å²) in [6.45, 7) is 4.56. The number of nitrogen functional groups attached to an aromatic ring is 1. The molecular formula is C11H17ClN4O. The van der Waals surface area contributed by atoms with Crippen molar-refractivity contribution in [3.05, 3.63) is 5.28 Å². The van der Waals surface area contributed by atoms with Crippen LogP contribution in [0.15, 0.2) is 0 Å². The second kappa shape index (κ2) is 4.64. The minimum Gasteiger partial charge on any atom is -0.460 e. The van der Waals surface area contributed by atoms with Gasteiger partial charge in [0.05, 0.1) is 0 Å². The fraction of sp³-hybridized carbons (Fsp3) is 0.727. The molecule has 1 aliphatic rings. The molecule has 6 heteroatoms. The minimum atomic E-state index is 0.0728.